The lowest BCUT2D eigenvalue weighted by Gasteiger charge is -2.09. The van der Waals surface area contributed by atoms with Gasteiger partial charge in [-0.05, 0) is 48.0 Å². The molecule has 6 nitrogen and oxygen atoms in total. The van der Waals surface area contributed by atoms with Crippen molar-refractivity contribution >= 4 is 23.5 Å². The first-order valence-electron chi connectivity index (χ1n) is 8.99. The summed E-state index contributed by atoms with van der Waals surface area (Å²) in [5.41, 5.74) is 2.69. The number of methoxy groups -OCH3 is 1. The summed E-state index contributed by atoms with van der Waals surface area (Å²) in [4.78, 5) is 36.3. The average molecular weight is 388 g/mol. The minimum absolute atomic E-state index is 0.229. The largest absolute Gasteiger partial charge is 0.465 e. The summed E-state index contributed by atoms with van der Waals surface area (Å²) in [5.74, 6) is -1.04. The zero-order valence-electron chi connectivity index (χ0n) is 15.8. The molecular formula is C23H20N2O4. The number of carbonyl (C=O) groups is 3. The number of hydrogen-bond acceptors (Lipinski definition) is 4. The van der Waals surface area contributed by atoms with Gasteiger partial charge in [0.25, 0.3) is 11.8 Å². The molecule has 2 amide bonds. The highest BCUT2D eigenvalue weighted by atomic mass is 16.5. The van der Waals surface area contributed by atoms with E-state index in [1.165, 1.54) is 31.4 Å². The molecule has 29 heavy (non-hydrogen) atoms. The van der Waals surface area contributed by atoms with Crippen molar-refractivity contribution in [2.75, 3.05) is 12.4 Å². The van der Waals surface area contributed by atoms with Crippen LogP contribution in [-0.4, -0.2) is 24.9 Å². The quantitative estimate of drug-likeness (QED) is 0.631. The minimum Gasteiger partial charge on any atom is -0.465 e. The molecule has 0 heterocycles. The van der Waals surface area contributed by atoms with Crippen molar-refractivity contribution < 1.29 is 19.1 Å². The maximum atomic E-state index is 12.4. The molecule has 0 unspecified atom stereocenters. The zero-order chi connectivity index (χ0) is 20.6. The van der Waals surface area contributed by atoms with Crippen molar-refractivity contribution in [2.24, 2.45) is 0 Å². The molecule has 3 aromatic carbocycles. The lowest BCUT2D eigenvalue weighted by atomic mass is 10.1. The van der Waals surface area contributed by atoms with Gasteiger partial charge in [-0.25, -0.2) is 4.79 Å². The molecule has 0 aliphatic heterocycles. The van der Waals surface area contributed by atoms with E-state index in [1.54, 1.807) is 24.3 Å². The molecule has 0 aliphatic carbocycles. The number of amides is 2. The second-order valence-electron chi connectivity index (χ2n) is 6.27. The second-order valence-corrected chi connectivity index (χ2v) is 6.27. The molecule has 6 heteroatoms. The first kappa shape index (κ1) is 19.8. The maximum Gasteiger partial charge on any atom is 0.337 e. The Morgan fingerprint density at radius 1 is 0.759 bits per heavy atom. The van der Waals surface area contributed by atoms with Gasteiger partial charge in [0, 0.05) is 23.4 Å². The van der Waals surface area contributed by atoms with Crippen LogP contribution >= 0.6 is 0 Å². The van der Waals surface area contributed by atoms with Crippen LogP contribution in [0.1, 0.15) is 36.6 Å². The van der Waals surface area contributed by atoms with Crippen molar-refractivity contribution in [3.05, 3.63) is 101 Å². The number of rotatable bonds is 6. The number of hydrogen-bond donors (Lipinski definition) is 2. The molecule has 0 aliphatic rings. The van der Waals surface area contributed by atoms with Crippen LogP contribution < -0.4 is 10.6 Å². The normalized spacial score (nSPS) is 10.1. The van der Waals surface area contributed by atoms with Crippen molar-refractivity contribution in [3.63, 3.8) is 0 Å². The summed E-state index contributed by atoms with van der Waals surface area (Å²) in [7, 11) is 1.30. The number of benzene rings is 3. The van der Waals surface area contributed by atoms with Crippen molar-refractivity contribution in [2.45, 2.75) is 6.54 Å². The minimum atomic E-state index is -0.467. The summed E-state index contributed by atoms with van der Waals surface area (Å²) in [5, 5.41) is 5.61. The van der Waals surface area contributed by atoms with E-state index < -0.39 is 5.97 Å². The molecule has 3 rings (SSSR count). The predicted molar refractivity (Wildman–Crippen MR) is 110 cm³/mol. The molecule has 0 saturated heterocycles. The average Bonchev–Trinajstić information content (AvgIpc) is 2.78. The smallest absolute Gasteiger partial charge is 0.337 e. The number of nitrogens with one attached hydrogen (secondary N) is 2. The van der Waals surface area contributed by atoms with Gasteiger partial charge < -0.3 is 15.4 Å². The Hall–Kier alpha value is -3.93. The highest BCUT2D eigenvalue weighted by molar-refractivity contribution is 6.05. The molecule has 0 spiro atoms. The summed E-state index contributed by atoms with van der Waals surface area (Å²) in [6.07, 6.45) is 0. The van der Waals surface area contributed by atoms with Gasteiger partial charge in [-0.15, -0.1) is 0 Å². The van der Waals surface area contributed by atoms with Gasteiger partial charge in [-0.2, -0.15) is 0 Å². The van der Waals surface area contributed by atoms with Crippen LogP contribution in [0, 0.1) is 0 Å². The van der Waals surface area contributed by atoms with Crippen LogP contribution in [-0.2, 0) is 11.3 Å². The first-order valence-corrected chi connectivity index (χ1v) is 8.99. The van der Waals surface area contributed by atoms with Gasteiger partial charge in [0.15, 0.2) is 0 Å². The topological polar surface area (TPSA) is 84.5 Å². The molecule has 0 aromatic heterocycles. The Kier molecular flexibility index (Phi) is 6.37. The lowest BCUT2D eigenvalue weighted by molar-refractivity contribution is 0.0600. The van der Waals surface area contributed by atoms with E-state index >= 15 is 0 Å². The molecule has 2 N–H and O–H groups in total. The second kappa shape index (κ2) is 9.32. The number of anilines is 1. The van der Waals surface area contributed by atoms with Crippen LogP contribution in [0.2, 0.25) is 0 Å². The molecule has 0 saturated carbocycles. The fraction of sp³-hybridized carbons (Fsp3) is 0.0870. The molecule has 0 fully saturated rings. The number of carbonyl (C=O) groups excluding carboxylic acids is 3. The highest BCUT2D eigenvalue weighted by Gasteiger charge is 2.11. The summed E-state index contributed by atoms with van der Waals surface area (Å²) in [6, 6.07) is 22.4. The fourth-order valence-electron chi connectivity index (χ4n) is 2.70. The molecule has 0 radical (unpaired) electrons. The Balaban J connectivity index is 1.63. The van der Waals surface area contributed by atoms with E-state index in [9.17, 15) is 14.4 Å². The molecule has 0 bridgehead atoms. The number of esters is 1. The third-order valence-corrected chi connectivity index (χ3v) is 4.25. The van der Waals surface area contributed by atoms with E-state index in [-0.39, 0.29) is 11.8 Å². The van der Waals surface area contributed by atoms with E-state index in [1.807, 2.05) is 30.3 Å². The Bertz CT molecular complexity index is 1010. The van der Waals surface area contributed by atoms with Crippen molar-refractivity contribution in [3.8, 4) is 0 Å². The Morgan fingerprint density at radius 2 is 1.45 bits per heavy atom. The molecule has 3 aromatic rings. The third kappa shape index (κ3) is 5.29. The first-order chi connectivity index (χ1) is 14.1. The van der Waals surface area contributed by atoms with Crippen molar-refractivity contribution in [1.29, 1.82) is 0 Å². The Morgan fingerprint density at radius 3 is 2.14 bits per heavy atom. The van der Waals surface area contributed by atoms with Gasteiger partial charge in [0.1, 0.15) is 0 Å². The van der Waals surface area contributed by atoms with Crippen LogP contribution in [0.3, 0.4) is 0 Å². The Labute approximate surface area is 168 Å². The third-order valence-electron chi connectivity index (χ3n) is 4.25. The molecular weight excluding hydrogens is 368 g/mol. The van der Waals surface area contributed by atoms with E-state index in [2.05, 4.69) is 15.4 Å². The van der Waals surface area contributed by atoms with Gasteiger partial charge in [0.2, 0.25) is 0 Å². The number of ether oxygens (including phenoxy) is 1. The zero-order valence-corrected chi connectivity index (χ0v) is 15.8. The molecule has 0 atom stereocenters. The van der Waals surface area contributed by atoms with Gasteiger partial charge in [0.05, 0.1) is 12.7 Å². The summed E-state index contributed by atoms with van der Waals surface area (Å²) in [6.45, 7) is 0.419. The van der Waals surface area contributed by atoms with Gasteiger partial charge in [-0.3, -0.25) is 9.59 Å². The SMILES string of the molecule is COC(=O)c1ccc(C(=O)Nc2cccc(C(=O)NCc3ccccc3)c2)cc1. The van der Waals surface area contributed by atoms with Crippen LogP contribution in [0.25, 0.3) is 0 Å². The summed E-state index contributed by atoms with van der Waals surface area (Å²) >= 11 is 0. The summed E-state index contributed by atoms with van der Waals surface area (Å²) < 4.78 is 4.64. The maximum absolute atomic E-state index is 12.4. The van der Waals surface area contributed by atoms with Crippen LogP contribution in [0.5, 0.6) is 0 Å². The van der Waals surface area contributed by atoms with E-state index in [0.29, 0.717) is 28.9 Å². The fourth-order valence-corrected chi connectivity index (χ4v) is 2.70. The predicted octanol–water partition coefficient (Wildman–Crippen LogP) is 3.66. The van der Waals surface area contributed by atoms with Gasteiger partial charge in [-0.1, -0.05) is 36.4 Å². The molecule has 146 valence electrons. The van der Waals surface area contributed by atoms with Gasteiger partial charge >= 0.3 is 5.97 Å². The van der Waals surface area contributed by atoms with Crippen LogP contribution in [0.15, 0.2) is 78.9 Å². The van der Waals surface area contributed by atoms with Crippen LogP contribution in [0.4, 0.5) is 5.69 Å². The van der Waals surface area contributed by atoms with E-state index in [4.69, 9.17) is 0 Å². The highest BCUT2D eigenvalue weighted by Crippen LogP contribution is 2.14. The monoisotopic (exact) mass is 388 g/mol. The van der Waals surface area contributed by atoms with Crippen molar-refractivity contribution in [1.82, 2.24) is 5.32 Å². The van der Waals surface area contributed by atoms with E-state index in [0.717, 1.165) is 5.56 Å². The standard InChI is InChI=1S/C23H20N2O4/c1-29-23(28)18-12-10-17(11-13-18)22(27)25-20-9-5-8-19(14-20)21(26)24-15-16-6-3-2-4-7-16/h2-14H,15H2,1H3,(H,24,26)(H,25,27). The lowest BCUT2D eigenvalue weighted by Crippen LogP contribution is -2.23.